The van der Waals surface area contributed by atoms with Crippen LogP contribution in [0.25, 0.3) is 0 Å². The van der Waals surface area contributed by atoms with Crippen molar-refractivity contribution in [1.82, 2.24) is 15.6 Å². The van der Waals surface area contributed by atoms with E-state index in [1.54, 1.807) is 20.4 Å². The lowest BCUT2D eigenvalue weighted by Crippen LogP contribution is -2.41. The van der Waals surface area contributed by atoms with Crippen molar-refractivity contribution in [2.75, 3.05) is 27.3 Å². The van der Waals surface area contributed by atoms with Gasteiger partial charge >= 0.3 is 0 Å². The molecule has 27 heavy (non-hydrogen) atoms. The number of para-hydroxylation sites is 2. The number of hydrogen-bond acceptors (Lipinski definition) is 5. The predicted octanol–water partition coefficient (Wildman–Crippen LogP) is 2.62. The third-order valence-electron chi connectivity index (χ3n) is 3.75. The summed E-state index contributed by atoms with van der Waals surface area (Å²) in [5.74, 6) is 2.73. The summed E-state index contributed by atoms with van der Waals surface area (Å²) in [5.41, 5.74) is 0.926. The molecule has 1 atom stereocenters. The minimum atomic E-state index is -0.0712. The van der Waals surface area contributed by atoms with Gasteiger partial charge in [0.2, 0.25) is 5.88 Å². The molecule has 1 aromatic carbocycles. The average molecular weight is 372 g/mol. The van der Waals surface area contributed by atoms with Crippen LogP contribution in [0.3, 0.4) is 0 Å². The van der Waals surface area contributed by atoms with E-state index in [9.17, 15) is 0 Å². The Bertz CT molecular complexity index is 737. The van der Waals surface area contributed by atoms with Crippen molar-refractivity contribution >= 4 is 5.96 Å². The number of nitrogens with zero attached hydrogens (tertiary/aromatic N) is 2. The number of guanidine groups is 1. The number of benzene rings is 1. The molecule has 0 amide bonds. The van der Waals surface area contributed by atoms with E-state index in [0.29, 0.717) is 30.7 Å². The van der Waals surface area contributed by atoms with Gasteiger partial charge in [-0.15, -0.1) is 0 Å². The Morgan fingerprint density at radius 1 is 1.07 bits per heavy atom. The molecule has 2 N–H and O–H groups in total. The van der Waals surface area contributed by atoms with E-state index in [2.05, 4.69) is 20.6 Å². The van der Waals surface area contributed by atoms with Crippen molar-refractivity contribution in [2.24, 2.45) is 4.99 Å². The van der Waals surface area contributed by atoms with Crippen LogP contribution in [0.4, 0.5) is 0 Å². The molecular formula is C20H28N4O3. The van der Waals surface area contributed by atoms with Crippen molar-refractivity contribution in [2.45, 2.75) is 26.5 Å². The highest BCUT2D eigenvalue weighted by Gasteiger charge is 2.10. The molecular weight excluding hydrogens is 344 g/mol. The van der Waals surface area contributed by atoms with E-state index in [1.807, 2.05) is 50.2 Å². The Kier molecular flexibility index (Phi) is 8.22. The highest BCUT2D eigenvalue weighted by molar-refractivity contribution is 5.79. The van der Waals surface area contributed by atoms with Crippen LogP contribution >= 0.6 is 0 Å². The molecule has 0 spiro atoms. The smallest absolute Gasteiger partial charge is 0.218 e. The number of pyridine rings is 1. The van der Waals surface area contributed by atoms with Crippen molar-refractivity contribution in [3.05, 3.63) is 48.2 Å². The van der Waals surface area contributed by atoms with Crippen LogP contribution in [-0.2, 0) is 6.54 Å². The highest BCUT2D eigenvalue weighted by atomic mass is 16.5. The van der Waals surface area contributed by atoms with Crippen LogP contribution in [0.5, 0.6) is 17.4 Å². The second kappa shape index (κ2) is 10.9. The quantitative estimate of drug-likeness (QED) is 0.520. The fraction of sp³-hybridized carbons (Fsp3) is 0.400. The first-order valence-electron chi connectivity index (χ1n) is 8.97. The predicted molar refractivity (Wildman–Crippen MR) is 107 cm³/mol. The van der Waals surface area contributed by atoms with Gasteiger partial charge in [-0.2, -0.15) is 0 Å². The molecule has 0 saturated carbocycles. The Morgan fingerprint density at radius 2 is 1.85 bits per heavy atom. The number of aromatic nitrogens is 1. The first-order valence-corrected chi connectivity index (χ1v) is 8.97. The monoisotopic (exact) mass is 372 g/mol. The van der Waals surface area contributed by atoms with Crippen LogP contribution in [0.15, 0.2) is 47.6 Å². The molecule has 0 aliphatic carbocycles. The van der Waals surface area contributed by atoms with Crippen molar-refractivity contribution in [1.29, 1.82) is 0 Å². The van der Waals surface area contributed by atoms with E-state index in [1.165, 1.54) is 0 Å². The minimum Gasteiger partial charge on any atom is -0.493 e. The zero-order valence-electron chi connectivity index (χ0n) is 16.4. The van der Waals surface area contributed by atoms with Crippen LogP contribution in [0, 0.1) is 0 Å². The summed E-state index contributed by atoms with van der Waals surface area (Å²) in [4.78, 5) is 8.79. The Morgan fingerprint density at radius 3 is 2.56 bits per heavy atom. The van der Waals surface area contributed by atoms with Gasteiger partial charge in [0, 0.05) is 18.3 Å². The van der Waals surface area contributed by atoms with E-state index in [0.717, 1.165) is 17.9 Å². The zero-order valence-corrected chi connectivity index (χ0v) is 16.4. The van der Waals surface area contributed by atoms with Crippen LogP contribution < -0.4 is 24.8 Å². The Balaban J connectivity index is 1.95. The molecule has 2 rings (SSSR count). The van der Waals surface area contributed by atoms with Gasteiger partial charge in [0.1, 0.15) is 6.10 Å². The van der Waals surface area contributed by atoms with E-state index in [4.69, 9.17) is 14.2 Å². The minimum absolute atomic E-state index is 0.0712. The van der Waals surface area contributed by atoms with Gasteiger partial charge < -0.3 is 24.8 Å². The van der Waals surface area contributed by atoms with Crippen LogP contribution in [0.1, 0.15) is 19.4 Å². The molecule has 0 radical (unpaired) electrons. The topological polar surface area (TPSA) is 77.0 Å². The maximum absolute atomic E-state index is 5.96. The maximum atomic E-state index is 5.96. The van der Waals surface area contributed by atoms with Crippen molar-refractivity contribution in [3.8, 4) is 17.4 Å². The summed E-state index contributed by atoms with van der Waals surface area (Å²) in [7, 11) is 3.24. The van der Waals surface area contributed by atoms with Crippen LogP contribution in [0.2, 0.25) is 0 Å². The summed E-state index contributed by atoms with van der Waals surface area (Å²) in [6.45, 7) is 5.84. The van der Waals surface area contributed by atoms with Gasteiger partial charge in [-0.25, -0.2) is 9.98 Å². The van der Waals surface area contributed by atoms with E-state index >= 15 is 0 Å². The zero-order chi connectivity index (χ0) is 19.5. The summed E-state index contributed by atoms with van der Waals surface area (Å²) < 4.78 is 16.6. The fourth-order valence-corrected chi connectivity index (χ4v) is 2.45. The van der Waals surface area contributed by atoms with Crippen molar-refractivity contribution in [3.63, 3.8) is 0 Å². The molecule has 1 aromatic heterocycles. The Hall–Kier alpha value is -2.96. The molecule has 0 saturated heterocycles. The Labute approximate surface area is 160 Å². The molecule has 1 unspecified atom stereocenters. The average Bonchev–Trinajstić information content (AvgIpc) is 2.70. The lowest BCUT2D eigenvalue weighted by molar-refractivity contribution is 0.213. The SMILES string of the molecule is CCNC(=NCc1cccnc1OC)NCC(C)Oc1ccccc1OC. The number of methoxy groups -OCH3 is 2. The normalized spacial score (nSPS) is 12.2. The third-order valence-corrected chi connectivity index (χ3v) is 3.75. The number of hydrogen-bond donors (Lipinski definition) is 2. The number of rotatable bonds is 9. The molecule has 0 bridgehead atoms. The van der Waals surface area contributed by atoms with Gasteiger partial charge in [0.05, 0.1) is 27.3 Å². The summed E-state index contributed by atoms with van der Waals surface area (Å²) >= 11 is 0. The first-order chi connectivity index (χ1) is 13.2. The lowest BCUT2D eigenvalue weighted by atomic mass is 10.3. The van der Waals surface area contributed by atoms with Gasteiger partial charge in [-0.05, 0) is 32.0 Å². The third kappa shape index (κ3) is 6.36. The first kappa shape index (κ1) is 20.4. The van der Waals surface area contributed by atoms with Gasteiger partial charge in [0.25, 0.3) is 0 Å². The van der Waals surface area contributed by atoms with Gasteiger partial charge in [-0.1, -0.05) is 18.2 Å². The van der Waals surface area contributed by atoms with Gasteiger partial charge in [0.15, 0.2) is 17.5 Å². The summed E-state index contributed by atoms with van der Waals surface area (Å²) in [6, 6.07) is 11.4. The second-order valence-electron chi connectivity index (χ2n) is 5.83. The molecule has 7 nitrogen and oxygen atoms in total. The molecule has 0 aliphatic rings. The molecule has 7 heteroatoms. The van der Waals surface area contributed by atoms with E-state index in [-0.39, 0.29) is 6.10 Å². The fourth-order valence-electron chi connectivity index (χ4n) is 2.45. The molecule has 0 aliphatic heterocycles. The summed E-state index contributed by atoms with van der Waals surface area (Å²) in [6.07, 6.45) is 1.63. The maximum Gasteiger partial charge on any atom is 0.218 e. The molecule has 2 aromatic rings. The molecule has 1 heterocycles. The largest absolute Gasteiger partial charge is 0.493 e. The summed E-state index contributed by atoms with van der Waals surface area (Å²) in [5, 5.41) is 6.53. The van der Waals surface area contributed by atoms with Crippen LogP contribution in [-0.4, -0.2) is 44.4 Å². The molecule has 146 valence electrons. The lowest BCUT2D eigenvalue weighted by Gasteiger charge is -2.19. The number of aliphatic imine (C=N–C) groups is 1. The van der Waals surface area contributed by atoms with Crippen molar-refractivity contribution < 1.29 is 14.2 Å². The second-order valence-corrected chi connectivity index (χ2v) is 5.83. The standard InChI is InChI=1S/C20H28N4O3/c1-5-21-20(24-14-16-9-8-12-22-19(16)26-4)23-13-15(2)27-18-11-7-6-10-17(18)25-3/h6-12,15H,5,13-14H2,1-4H3,(H2,21,23,24). The molecule has 0 fully saturated rings. The number of nitrogens with one attached hydrogen (secondary N) is 2. The van der Waals surface area contributed by atoms with E-state index < -0.39 is 0 Å². The highest BCUT2D eigenvalue weighted by Crippen LogP contribution is 2.26. The number of ether oxygens (including phenoxy) is 3. The van der Waals surface area contributed by atoms with Gasteiger partial charge in [-0.3, -0.25) is 0 Å².